The largest absolute Gasteiger partial charge is 0.355 e. The van der Waals surface area contributed by atoms with Crippen molar-refractivity contribution in [1.29, 1.82) is 5.26 Å². The lowest BCUT2D eigenvalue weighted by atomic mass is 10.1. The molecule has 0 saturated carbocycles. The molecule has 0 radical (unpaired) electrons. The van der Waals surface area contributed by atoms with Crippen molar-refractivity contribution in [3.63, 3.8) is 0 Å². The number of halogens is 1. The van der Waals surface area contributed by atoms with Crippen LogP contribution in [-0.2, 0) is 0 Å². The summed E-state index contributed by atoms with van der Waals surface area (Å²) >= 11 is 5.83. The summed E-state index contributed by atoms with van der Waals surface area (Å²) in [6, 6.07) is 5.12. The maximum Gasteiger partial charge on any atom is 0.251 e. The van der Waals surface area contributed by atoms with E-state index in [4.69, 9.17) is 16.9 Å². The summed E-state index contributed by atoms with van der Waals surface area (Å²) < 4.78 is 0. The average Bonchev–Trinajstić information content (AvgIpc) is 2.16. The normalized spacial score (nSPS) is 9.29. The number of aryl methyl sites for hydroxylation is 1. The van der Waals surface area contributed by atoms with Gasteiger partial charge in [-0.1, -0.05) is 11.6 Å². The van der Waals surface area contributed by atoms with Gasteiger partial charge in [-0.25, -0.2) is 0 Å². The van der Waals surface area contributed by atoms with Crippen LogP contribution in [0.15, 0.2) is 12.1 Å². The molecule has 1 rings (SSSR count). The maximum absolute atomic E-state index is 11.3. The molecule has 1 aromatic rings. The summed E-state index contributed by atoms with van der Waals surface area (Å²) in [5.41, 5.74) is 1.59. The Kier molecular flexibility index (Phi) is 3.10. The number of carbonyl (C=O) groups is 1. The van der Waals surface area contributed by atoms with Gasteiger partial charge in [0.1, 0.15) is 6.07 Å². The van der Waals surface area contributed by atoms with E-state index in [1.165, 1.54) is 6.07 Å². The van der Waals surface area contributed by atoms with Crippen molar-refractivity contribution in [1.82, 2.24) is 5.32 Å². The molecule has 0 aliphatic carbocycles. The second kappa shape index (κ2) is 4.12. The highest BCUT2D eigenvalue weighted by Crippen LogP contribution is 2.21. The summed E-state index contributed by atoms with van der Waals surface area (Å²) in [5, 5.41) is 11.6. The van der Waals surface area contributed by atoms with Crippen LogP contribution in [0.5, 0.6) is 0 Å². The summed E-state index contributed by atoms with van der Waals surface area (Å²) in [7, 11) is 1.55. The minimum Gasteiger partial charge on any atom is -0.355 e. The zero-order chi connectivity index (χ0) is 10.7. The molecule has 0 fully saturated rings. The maximum atomic E-state index is 11.3. The van der Waals surface area contributed by atoms with Gasteiger partial charge in [0, 0.05) is 12.6 Å². The third-order valence-corrected chi connectivity index (χ3v) is 2.19. The van der Waals surface area contributed by atoms with Crippen molar-refractivity contribution >= 4 is 17.5 Å². The molecule has 72 valence electrons. The zero-order valence-corrected chi connectivity index (χ0v) is 8.64. The van der Waals surface area contributed by atoms with Crippen molar-refractivity contribution in [2.45, 2.75) is 6.92 Å². The predicted molar refractivity (Wildman–Crippen MR) is 54.3 cm³/mol. The van der Waals surface area contributed by atoms with Crippen molar-refractivity contribution in [2.24, 2.45) is 0 Å². The lowest BCUT2D eigenvalue weighted by molar-refractivity contribution is 0.0963. The lowest BCUT2D eigenvalue weighted by Gasteiger charge is -2.04. The molecule has 14 heavy (non-hydrogen) atoms. The fraction of sp³-hybridized carbons (Fsp3) is 0.200. The Labute approximate surface area is 87.3 Å². The van der Waals surface area contributed by atoms with Crippen LogP contribution in [-0.4, -0.2) is 13.0 Å². The molecule has 1 N–H and O–H groups in total. The molecule has 0 atom stereocenters. The standard InChI is InChI=1S/C10H9ClN2O/c1-6-3-7(10(14)13-2)4-9(11)8(6)5-12/h3-4H,1-2H3,(H,13,14). The molecule has 0 unspecified atom stereocenters. The topological polar surface area (TPSA) is 52.9 Å². The first-order chi connectivity index (χ1) is 6.60. The molecule has 4 heteroatoms. The first-order valence-corrected chi connectivity index (χ1v) is 4.40. The SMILES string of the molecule is CNC(=O)c1cc(C)c(C#N)c(Cl)c1. The van der Waals surface area contributed by atoms with Crippen LogP contribution in [0, 0.1) is 18.3 Å². The molecule has 0 heterocycles. The van der Waals surface area contributed by atoms with Crippen LogP contribution in [0.2, 0.25) is 5.02 Å². The van der Waals surface area contributed by atoms with Crippen molar-refractivity contribution in [2.75, 3.05) is 7.05 Å². The first-order valence-electron chi connectivity index (χ1n) is 4.02. The van der Waals surface area contributed by atoms with Crippen LogP contribution >= 0.6 is 11.6 Å². The van der Waals surface area contributed by atoms with Crippen LogP contribution in [0.4, 0.5) is 0 Å². The van der Waals surface area contributed by atoms with Gasteiger partial charge >= 0.3 is 0 Å². The smallest absolute Gasteiger partial charge is 0.251 e. The Balaban J connectivity index is 3.29. The molecule has 3 nitrogen and oxygen atoms in total. The molecular weight excluding hydrogens is 200 g/mol. The second-order valence-electron chi connectivity index (χ2n) is 2.84. The van der Waals surface area contributed by atoms with Gasteiger partial charge in [-0.15, -0.1) is 0 Å². The molecule has 0 bridgehead atoms. The molecular formula is C10H9ClN2O. The highest BCUT2D eigenvalue weighted by molar-refractivity contribution is 6.32. The van der Waals surface area contributed by atoms with Crippen LogP contribution < -0.4 is 5.32 Å². The Morgan fingerprint density at radius 3 is 2.64 bits per heavy atom. The Bertz CT molecular complexity index is 398. The third-order valence-electron chi connectivity index (χ3n) is 1.89. The monoisotopic (exact) mass is 208 g/mol. The van der Waals surface area contributed by atoms with E-state index in [1.54, 1.807) is 20.0 Å². The number of hydrogen-bond donors (Lipinski definition) is 1. The summed E-state index contributed by atoms with van der Waals surface area (Å²) in [6.07, 6.45) is 0. The van der Waals surface area contributed by atoms with E-state index >= 15 is 0 Å². The van der Waals surface area contributed by atoms with Gasteiger partial charge in [-0.2, -0.15) is 5.26 Å². The Hall–Kier alpha value is -1.53. The van der Waals surface area contributed by atoms with Gasteiger partial charge in [0.15, 0.2) is 0 Å². The number of nitrogens with one attached hydrogen (secondary N) is 1. The summed E-state index contributed by atoms with van der Waals surface area (Å²) in [6.45, 7) is 1.75. The van der Waals surface area contributed by atoms with Gasteiger partial charge in [-0.05, 0) is 24.6 Å². The fourth-order valence-electron chi connectivity index (χ4n) is 1.16. The van der Waals surface area contributed by atoms with Crippen molar-refractivity contribution in [3.05, 3.63) is 33.8 Å². The van der Waals surface area contributed by atoms with Crippen LogP contribution in [0.3, 0.4) is 0 Å². The van der Waals surface area contributed by atoms with E-state index in [0.717, 1.165) is 0 Å². The van der Waals surface area contributed by atoms with E-state index in [9.17, 15) is 4.79 Å². The highest BCUT2D eigenvalue weighted by Gasteiger charge is 2.09. The van der Waals surface area contributed by atoms with Gasteiger partial charge in [0.05, 0.1) is 10.6 Å². The average molecular weight is 209 g/mol. The summed E-state index contributed by atoms with van der Waals surface area (Å²) in [4.78, 5) is 11.3. The van der Waals surface area contributed by atoms with Crippen molar-refractivity contribution in [3.8, 4) is 6.07 Å². The third kappa shape index (κ3) is 1.86. The van der Waals surface area contributed by atoms with E-state index in [2.05, 4.69) is 5.32 Å². The van der Waals surface area contributed by atoms with E-state index < -0.39 is 0 Å². The number of benzene rings is 1. The minimum atomic E-state index is -0.209. The molecule has 1 amide bonds. The number of carbonyl (C=O) groups excluding carboxylic acids is 1. The Morgan fingerprint density at radius 2 is 2.21 bits per heavy atom. The molecule has 0 aliphatic heterocycles. The second-order valence-corrected chi connectivity index (χ2v) is 3.25. The van der Waals surface area contributed by atoms with E-state index in [0.29, 0.717) is 21.7 Å². The van der Waals surface area contributed by atoms with Gasteiger partial charge < -0.3 is 5.32 Å². The van der Waals surface area contributed by atoms with Crippen molar-refractivity contribution < 1.29 is 4.79 Å². The van der Waals surface area contributed by atoms with Gasteiger partial charge in [0.25, 0.3) is 5.91 Å². The molecule has 0 aromatic heterocycles. The number of hydrogen-bond acceptors (Lipinski definition) is 2. The minimum absolute atomic E-state index is 0.209. The van der Waals surface area contributed by atoms with Gasteiger partial charge in [-0.3, -0.25) is 4.79 Å². The molecule has 0 aliphatic rings. The number of nitrogens with zero attached hydrogens (tertiary/aromatic N) is 1. The van der Waals surface area contributed by atoms with Crippen LogP contribution in [0.1, 0.15) is 21.5 Å². The van der Waals surface area contributed by atoms with E-state index in [1.807, 2.05) is 6.07 Å². The first kappa shape index (κ1) is 10.6. The molecule has 0 spiro atoms. The highest BCUT2D eigenvalue weighted by atomic mass is 35.5. The van der Waals surface area contributed by atoms with E-state index in [-0.39, 0.29) is 5.91 Å². The quantitative estimate of drug-likeness (QED) is 0.766. The number of rotatable bonds is 1. The van der Waals surface area contributed by atoms with Crippen LogP contribution in [0.25, 0.3) is 0 Å². The summed E-state index contributed by atoms with van der Waals surface area (Å²) in [5.74, 6) is -0.209. The number of amides is 1. The predicted octanol–water partition coefficient (Wildman–Crippen LogP) is 1.88. The molecule has 1 aromatic carbocycles. The fourth-order valence-corrected chi connectivity index (χ4v) is 1.47. The van der Waals surface area contributed by atoms with Gasteiger partial charge in [0.2, 0.25) is 0 Å². The number of nitriles is 1. The molecule has 0 saturated heterocycles. The zero-order valence-electron chi connectivity index (χ0n) is 7.89. The Morgan fingerprint density at radius 1 is 1.57 bits per heavy atom. The lowest BCUT2D eigenvalue weighted by Crippen LogP contribution is -2.18.